The summed E-state index contributed by atoms with van der Waals surface area (Å²) in [5.74, 6) is -0.0833. The number of carbonyl (C=O) groups is 1. The Morgan fingerprint density at radius 1 is 1.36 bits per heavy atom. The molecule has 3 rings (SSSR count). The van der Waals surface area contributed by atoms with Crippen LogP contribution >= 0.6 is 39.0 Å². The summed E-state index contributed by atoms with van der Waals surface area (Å²) in [7, 11) is 0. The minimum absolute atomic E-state index is 0.286. The van der Waals surface area contributed by atoms with Gasteiger partial charge in [0.25, 0.3) is 0 Å². The van der Waals surface area contributed by atoms with Crippen molar-refractivity contribution in [2.75, 3.05) is 6.61 Å². The number of ether oxygens (including phenoxy) is 1. The summed E-state index contributed by atoms with van der Waals surface area (Å²) in [5.41, 5.74) is 2.63. The Hall–Kier alpha value is -2.01. The highest BCUT2D eigenvalue weighted by atomic mass is 79.9. The predicted octanol–water partition coefficient (Wildman–Crippen LogP) is 5.70. The van der Waals surface area contributed by atoms with Crippen molar-refractivity contribution >= 4 is 45.0 Å². The van der Waals surface area contributed by atoms with Gasteiger partial charge in [0, 0.05) is 20.8 Å². The van der Waals surface area contributed by atoms with Crippen molar-refractivity contribution in [3.8, 4) is 6.07 Å². The van der Waals surface area contributed by atoms with E-state index in [0.717, 1.165) is 26.5 Å². The van der Waals surface area contributed by atoms with Crippen LogP contribution in [-0.2, 0) is 15.3 Å². The molecule has 1 aromatic heterocycles. The van der Waals surface area contributed by atoms with Gasteiger partial charge < -0.3 is 10.1 Å². The number of esters is 1. The first kappa shape index (κ1) is 20.7. The van der Waals surface area contributed by atoms with Crippen molar-refractivity contribution < 1.29 is 9.53 Å². The molecule has 7 heteroatoms. The molecular weight excluding hydrogens is 456 g/mol. The number of hydrogen-bond donors (Lipinski definition) is 1. The molecule has 1 aromatic carbocycles. The summed E-state index contributed by atoms with van der Waals surface area (Å²) < 4.78 is 6.23. The molecule has 0 saturated carbocycles. The number of halogens is 1. The fourth-order valence-electron chi connectivity index (χ4n) is 3.03. The second-order valence-corrected chi connectivity index (χ2v) is 9.02. The molecule has 144 valence electrons. The molecular formula is C21H19BrN2O2S2. The molecule has 0 aliphatic carbocycles. The molecule has 0 spiro atoms. The average Bonchev–Trinajstić information content (AvgIpc) is 3.20. The minimum atomic E-state index is -0.454. The first-order valence-electron chi connectivity index (χ1n) is 8.75. The number of rotatable bonds is 6. The highest BCUT2D eigenvalue weighted by Gasteiger charge is 2.35. The molecule has 0 unspecified atom stereocenters. The van der Waals surface area contributed by atoms with E-state index in [4.69, 9.17) is 4.74 Å². The van der Waals surface area contributed by atoms with Crippen LogP contribution in [0.15, 0.2) is 68.1 Å². The first-order chi connectivity index (χ1) is 13.5. The third kappa shape index (κ3) is 4.52. The van der Waals surface area contributed by atoms with Crippen LogP contribution in [0.4, 0.5) is 0 Å². The van der Waals surface area contributed by atoms with Crippen LogP contribution in [0.2, 0.25) is 0 Å². The number of nitriles is 1. The Morgan fingerprint density at radius 3 is 2.71 bits per heavy atom. The molecule has 0 saturated heterocycles. The normalized spacial score (nSPS) is 16.6. The second kappa shape index (κ2) is 9.46. The van der Waals surface area contributed by atoms with E-state index in [0.29, 0.717) is 11.1 Å². The number of thioether (sulfide) groups is 1. The lowest BCUT2D eigenvalue weighted by Gasteiger charge is -2.29. The van der Waals surface area contributed by atoms with E-state index in [1.165, 1.54) is 4.88 Å². The summed E-state index contributed by atoms with van der Waals surface area (Å²) in [6.45, 7) is 3.92. The number of allylic oxidation sites excluding steroid dienone is 2. The molecule has 1 N–H and O–H groups in total. The van der Waals surface area contributed by atoms with Crippen molar-refractivity contribution in [1.82, 2.24) is 5.32 Å². The Balaban J connectivity index is 2.03. The first-order valence-corrected chi connectivity index (χ1v) is 11.4. The van der Waals surface area contributed by atoms with Gasteiger partial charge in [0.2, 0.25) is 0 Å². The highest BCUT2D eigenvalue weighted by Crippen LogP contribution is 2.42. The molecule has 2 aromatic rings. The maximum absolute atomic E-state index is 12.7. The van der Waals surface area contributed by atoms with Crippen LogP contribution in [0.25, 0.3) is 0 Å². The quantitative estimate of drug-likeness (QED) is 0.543. The van der Waals surface area contributed by atoms with Gasteiger partial charge >= 0.3 is 5.97 Å². The van der Waals surface area contributed by atoms with Crippen molar-refractivity contribution in [3.63, 3.8) is 0 Å². The van der Waals surface area contributed by atoms with E-state index >= 15 is 0 Å². The van der Waals surface area contributed by atoms with Crippen LogP contribution in [0, 0.1) is 11.3 Å². The summed E-state index contributed by atoms with van der Waals surface area (Å²) in [6, 6.07) is 14.1. The van der Waals surface area contributed by atoms with Crippen molar-refractivity contribution in [3.05, 3.63) is 78.6 Å². The van der Waals surface area contributed by atoms with E-state index in [1.54, 1.807) is 30.0 Å². The lowest BCUT2D eigenvalue weighted by Crippen LogP contribution is -2.28. The molecule has 0 amide bonds. The Morgan fingerprint density at radius 2 is 2.11 bits per heavy atom. The summed E-state index contributed by atoms with van der Waals surface area (Å²) in [6.07, 6.45) is 0. The largest absolute Gasteiger partial charge is 0.463 e. The third-order valence-corrected chi connectivity index (χ3v) is 6.94. The molecule has 1 aliphatic heterocycles. The molecule has 28 heavy (non-hydrogen) atoms. The molecule has 1 aliphatic rings. The van der Waals surface area contributed by atoms with E-state index < -0.39 is 11.9 Å². The van der Waals surface area contributed by atoms with Crippen molar-refractivity contribution in [2.45, 2.75) is 25.5 Å². The van der Waals surface area contributed by atoms with Crippen LogP contribution in [0.1, 0.15) is 30.2 Å². The number of benzene rings is 1. The van der Waals surface area contributed by atoms with Gasteiger partial charge in [0.1, 0.15) is 0 Å². The van der Waals surface area contributed by atoms with Gasteiger partial charge in [-0.2, -0.15) is 5.26 Å². The summed E-state index contributed by atoms with van der Waals surface area (Å²) in [4.78, 5) is 13.9. The predicted molar refractivity (Wildman–Crippen MR) is 118 cm³/mol. The van der Waals surface area contributed by atoms with Gasteiger partial charge in [-0.15, -0.1) is 23.1 Å². The number of nitrogens with zero attached hydrogens (tertiary/aromatic N) is 1. The summed E-state index contributed by atoms with van der Waals surface area (Å²) >= 11 is 6.71. The second-order valence-electron chi connectivity index (χ2n) is 6.09. The van der Waals surface area contributed by atoms with Crippen LogP contribution in [0.3, 0.4) is 0 Å². The fraction of sp³-hybridized carbons (Fsp3) is 0.238. The Kier molecular flexibility index (Phi) is 7.00. The number of hydrogen-bond acceptors (Lipinski definition) is 6. The smallest absolute Gasteiger partial charge is 0.336 e. The van der Waals surface area contributed by atoms with Gasteiger partial charge in [-0.05, 0) is 43.0 Å². The molecule has 0 fully saturated rings. The van der Waals surface area contributed by atoms with Crippen LogP contribution in [-0.4, -0.2) is 12.6 Å². The van der Waals surface area contributed by atoms with E-state index in [2.05, 4.69) is 33.4 Å². The number of nitrogens with one attached hydrogen (secondary N) is 1. The monoisotopic (exact) mass is 474 g/mol. The molecule has 0 radical (unpaired) electrons. The molecule has 2 heterocycles. The number of thiophene rings is 1. The average molecular weight is 475 g/mol. The van der Waals surface area contributed by atoms with Gasteiger partial charge in [-0.1, -0.05) is 34.1 Å². The summed E-state index contributed by atoms with van der Waals surface area (Å²) in [5, 5.41) is 16.1. The van der Waals surface area contributed by atoms with E-state index in [1.807, 2.05) is 42.6 Å². The van der Waals surface area contributed by atoms with E-state index in [-0.39, 0.29) is 6.61 Å². The van der Waals surface area contributed by atoms with Gasteiger partial charge in [0.05, 0.1) is 34.8 Å². The van der Waals surface area contributed by atoms with Crippen LogP contribution in [0.5, 0.6) is 0 Å². The number of carbonyl (C=O) groups excluding carboxylic acids is 1. The van der Waals surface area contributed by atoms with Crippen molar-refractivity contribution in [1.29, 1.82) is 5.26 Å². The number of dihydropyridines is 1. The Labute approximate surface area is 181 Å². The zero-order valence-electron chi connectivity index (χ0n) is 15.5. The van der Waals surface area contributed by atoms with Gasteiger partial charge in [-0.3, -0.25) is 0 Å². The maximum atomic E-state index is 12.7. The molecule has 4 nitrogen and oxygen atoms in total. The van der Waals surface area contributed by atoms with Gasteiger partial charge in [0.15, 0.2) is 0 Å². The lowest BCUT2D eigenvalue weighted by atomic mass is 9.82. The fourth-order valence-corrected chi connectivity index (χ4v) is 5.16. The molecule has 1 atom stereocenters. The SMILES string of the molecule is CCOC(=O)C1=C(C)NC(SCc2cccs2)=C(C#N)[C@@H]1c1ccc(Br)cc1. The molecule has 0 bridgehead atoms. The van der Waals surface area contributed by atoms with Crippen molar-refractivity contribution in [2.24, 2.45) is 0 Å². The minimum Gasteiger partial charge on any atom is -0.463 e. The standard InChI is InChI=1S/C21H19BrN2O2S2/c1-3-26-21(25)18-13(2)24-20(28-12-16-5-4-10-27-16)17(11-23)19(18)14-6-8-15(22)9-7-14/h4-10,19,24H,3,12H2,1-2H3/t19-/m0/s1. The van der Waals surface area contributed by atoms with Gasteiger partial charge in [-0.25, -0.2) is 4.79 Å². The van der Waals surface area contributed by atoms with E-state index in [9.17, 15) is 10.1 Å². The maximum Gasteiger partial charge on any atom is 0.336 e. The lowest BCUT2D eigenvalue weighted by molar-refractivity contribution is -0.138. The topological polar surface area (TPSA) is 62.1 Å². The zero-order chi connectivity index (χ0) is 20.1. The van der Waals surface area contributed by atoms with Crippen LogP contribution < -0.4 is 5.32 Å². The Bertz CT molecular complexity index is 957. The zero-order valence-corrected chi connectivity index (χ0v) is 18.7. The highest BCUT2D eigenvalue weighted by molar-refractivity contribution is 9.10. The third-order valence-electron chi connectivity index (χ3n) is 4.29.